The molecule has 0 aliphatic carbocycles. The first-order valence-electron chi connectivity index (χ1n) is 9.95. The number of hydrogen-bond donors (Lipinski definition) is 1. The van der Waals surface area contributed by atoms with Gasteiger partial charge in [-0.3, -0.25) is 9.59 Å². The van der Waals surface area contributed by atoms with Gasteiger partial charge in [0.25, 0.3) is 5.91 Å². The standard InChI is InChI=1S/C24H21FN4O3/c1-28(24(31)20-8-5-13-32-20)15-21(30)27-23-22(18-9-11-19(25)12-10-18)26-16-29(23)14-17-6-3-2-4-7-17/h2-13,16H,14-15H2,1H3,(H,27,30). The number of likely N-dealkylation sites (N-methyl/N-ethyl adjacent to an activating group) is 1. The average Bonchev–Trinajstić information content (AvgIpc) is 3.46. The molecule has 2 amide bonds. The van der Waals surface area contributed by atoms with Gasteiger partial charge in [-0.15, -0.1) is 0 Å². The summed E-state index contributed by atoms with van der Waals surface area (Å²) in [5.41, 5.74) is 2.19. The van der Waals surface area contributed by atoms with Gasteiger partial charge in [0.1, 0.15) is 23.9 Å². The van der Waals surface area contributed by atoms with E-state index in [1.165, 1.54) is 36.4 Å². The lowest BCUT2D eigenvalue weighted by Gasteiger charge is -2.17. The van der Waals surface area contributed by atoms with Gasteiger partial charge in [0.05, 0.1) is 19.1 Å². The normalized spacial score (nSPS) is 10.7. The van der Waals surface area contributed by atoms with E-state index in [9.17, 15) is 14.0 Å². The van der Waals surface area contributed by atoms with Crippen LogP contribution in [0.4, 0.5) is 10.2 Å². The molecule has 4 rings (SSSR count). The molecule has 162 valence electrons. The summed E-state index contributed by atoms with van der Waals surface area (Å²) in [6, 6.07) is 18.8. The Balaban J connectivity index is 1.58. The number of furan rings is 1. The number of aromatic nitrogens is 2. The summed E-state index contributed by atoms with van der Waals surface area (Å²) in [4.78, 5) is 30.9. The number of nitrogens with one attached hydrogen (secondary N) is 1. The molecular weight excluding hydrogens is 411 g/mol. The van der Waals surface area contributed by atoms with E-state index in [1.807, 2.05) is 30.3 Å². The zero-order valence-corrected chi connectivity index (χ0v) is 17.4. The summed E-state index contributed by atoms with van der Waals surface area (Å²) in [7, 11) is 1.52. The highest BCUT2D eigenvalue weighted by Gasteiger charge is 2.20. The van der Waals surface area contributed by atoms with Crippen molar-refractivity contribution in [2.75, 3.05) is 18.9 Å². The maximum Gasteiger partial charge on any atom is 0.289 e. The van der Waals surface area contributed by atoms with Crippen molar-refractivity contribution in [3.63, 3.8) is 0 Å². The predicted octanol–water partition coefficient (Wildman–Crippen LogP) is 4.04. The molecule has 2 heterocycles. The summed E-state index contributed by atoms with van der Waals surface area (Å²) in [6.45, 7) is 0.296. The number of nitrogens with zero attached hydrogens (tertiary/aromatic N) is 3. The topological polar surface area (TPSA) is 80.4 Å². The second-order valence-corrected chi connectivity index (χ2v) is 7.25. The Morgan fingerprint density at radius 3 is 2.50 bits per heavy atom. The number of carbonyl (C=O) groups is 2. The van der Waals surface area contributed by atoms with Crippen molar-refractivity contribution in [2.45, 2.75) is 6.54 Å². The molecule has 2 aromatic carbocycles. The zero-order chi connectivity index (χ0) is 22.5. The molecule has 7 nitrogen and oxygen atoms in total. The highest BCUT2D eigenvalue weighted by Crippen LogP contribution is 2.27. The van der Waals surface area contributed by atoms with E-state index in [1.54, 1.807) is 29.1 Å². The molecule has 0 fully saturated rings. The van der Waals surface area contributed by atoms with E-state index in [0.717, 1.165) is 5.56 Å². The fraction of sp³-hybridized carbons (Fsp3) is 0.125. The van der Waals surface area contributed by atoms with E-state index in [-0.39, 0.29) is 18.1 Å². The van der Waals surface area contributed by atoms with Gasteiger partial charge >= 0.3 is 0 Å². The van der Waals surface area contributed by atoms with E-state index < -0.39 is 11.8 Å². The number of imidazole rings is 1. The SMILES string of the molecule is CN(CC(=O)Nc1c(-c2ccc(F)cc2)ncn1Cc1ccccc1)C(=O)c1ccco1. The van der Waals surface area contributed by atoms with Crippen LogP contribution >= 0.6 is 0 Å². The maximum atomic E-state index is 13.4. The number of rotatable bonds is 7. The van der Waals surface area contributed by atoms with Crippen LogP contribution in [0.1, 0.15) is 16.1 Å². The first-order valence-corrected chi connectivity index (χ1v) is 9.95. The van der Waals surface area contributed by atoms with E-state index in [2.05, 4.69) is 10.3 Å². The fourth-order valence-corrected chi connectivity index (χ4v) is 3.28. The highest BCUT2D eigenvalue weighted by molar-refractivity contribution is 5.99. The Labute approximate surface area is 184 Å². The third-order valence-corrected chi connectivity index (χ3v) is 4.87. The first kappa shape index (κ1) is 21.0. The van der Waals surface area contributed by atoms with Crippen LogP contribution in [-0.2, 0) is 11.3 Å². The summed E-state index contributed by atoms with van der Waals surface area (Å²) >= 11 is 0. The third-order valence-electron chi connectivity index (χ3n) is 4.87. The second-order valence-electron chi connectivity index (χ2n) is 7.25. The Morgan fingerprint density at radius 2 is 1.81 bits per heavy atom. The lowest BCUT2D eigenvalue weighted by molar-refractivity contribution is -0.116. The van der Waals surface area contributed by atoms with Crippen molar-refractivity contribution in [2.24, 2.45) is 0 Å². The molecule has 0 unspecified atom stereocenters. The van der Waals surface area contributed by atoms with Gasteiger partial charge in [-0.05, 0) is 42.0 Å². The number of anilines is 1. The number of amides is 2. The predicted molar refractivity (Wildman–Crippen MR) is 117 cm³/mol. The lowest BCUT2D eigenvalue weighted by Crippen LogP contribution is -2.35. The van der Waals surface area contributed by atoms with Crippen molar-refractivity contribution in [3.8, 4) is 11.3 Å². The molecule has 1 N–H and O–H groups in total. The van der Waals surface area contributed by atoms with E-state index in [4.69, 9.17) is 4.42 Å². The molecule has 0 saturated heterocycles. The molecule has 0 saturated carbocycles. The summed E-state index contributed by atoms with van der Waals surface area (Å²) < 4.78 is 20.3. The minimum Gasteiger partial charge on any atom is -0.459 e. The molecule has 0 aliphatic rings. The fourth-order valence-electron chi connectivity index (χ4n) is 3.28. The minimum absolute atomic E-state index is 0.154. The first-order chi connectivity index (χ1) is 15.5. The van der Waals surface area contributed by atoms with Gasteiger partial charge in [0.2, 0.25) is 5.91 Å². The quantitative estimate of drug-likeness (QED) is 0.478. The Hall–Kier alpha value is -4.20. The van der Waals surface area contributed by atoms with Crippen LogP contribution in [0.25, 0.3) is 11.3 Å². The van der Waals surface area contributed by atoms with Crippen molar-refractivity contribution < 1.29 is 18.4 Å². The number of benzene rings is 2. The van der Waals surface area contributed by atoms with Crippen LogP contribution in [0, 0.1) is 5.82 Å². The summed E-state index contributed by atoms with van der Waals surface area (Å²) in [5.74, 6) is -0.542. The van der Waals surface area contributed by atoms with E-state index in [0.29, 0.717) is 23.6 Å². The minimum atomic E-state index is -0.401. The van der Waals surface area contributed by atoms with E-state index >= 15 is 0 Å². The molecule has 32 heavy (non-hydrogen) atoms. The van der Waals surface area contributed by atoms with Crippen molar-refractivity contribution >= 4 is 17.6 Å². The van der Waals surface area contributed by atoms with Gasteiger partial charge in [-0.2, -0.15) is 0 Å². The number of halogens is 1. The lowest BCUT2D eigenvalue weighted by atomic mass is 10.1. The molecule has 0 aliphatic heterocycles. The molecule has 0 radical (unpaired) electrons. The van der Waals surface area contributed by atoms with Crippen molar-refractivity contribution in [1.29, 1.82) is 0 Å². The summed E-state index contributed by atoms with van der Waals surface area (Å²) in [5, 5.41) is 2.87. The van der Waals surface area contributed by atoms with Gasteiger partial charge in [0, 0.05) is 12.6 Å². The molecule has 8 heteroatoms. The van der Waals surface area contributed by atoms with Crippen LogP contribution in [0.2, 0.25) is 0 Å². The molecular formula is C24H21FN4O3. The summed E-state index contributed by atoms with van der Waals surface area (Å²) in [6.07, 6.45) is 3.03. The van der Waals surface area contributed by atoms with Gasteiger partial charge in [-0.25, -0.2) is 9.37 Å². The van der Waals surface area contributed by atoms with Crippen molar-refractivity contribution in [3.05, 3.63) is 96.5 Å². The van der Waals surface area contributed by atoms with Crippen LogP contribution in [-0.4, -0.2) is 39.9 Å². The largest absolute Gasteiger partial charge is 0.459 e. The van der Waals surface area contributed by atoms with Crippen LogP contribution in [0.15, 0.2) is 83.7 Å². The molecule has 0 spiro atoms. The smallest absolute Gasteiger partial charge is 0.289 e. The number of hydrogen-bond acceptors (Lipinski definition) is 4. The Morgan fingerprint density at radius 1 is 1.06 bits per heavy atom. The van der Waals surface area contributed by atoms with Crippen molar-refractivity contribution in [1.82, 2.24) is 14.5 Å². The Bertz CT molecular complexity index is 1200. The van der Waals surface area contributed by atoms with Crippen LogP contribution < -0.4 is 5.32 Å². The van der Waals surface area contributed by atoms with Crippen LogP contribution in [0.5, 0.6) is 0 Å². The molecule has 0 bridgehead atoms. The monoisotopic (exact) mass is 432 g/mol. The molecule has 4 aromatic rings. The van der Waals surface area contributed by atoms with Gasteiger partial charge in [-0.1, -0.05) is 30.3 Å². The number of carbonyl (C=O) groups excluding carboxylic acids is 2. The molecule has 2 aromatic heterocycles. The third kappa shape index (κ3) is 4.75. The van der Waals surface area contributed by atoms with Gasteiger partial charge < -0.3 is 19.2 Å². The second kappa shape index (κ2) is 9.30. The Kier molecular flexibility index (Phi) is 6.12. The van der Waals surface area contributed by atoms with Gasteiger partial charge in [0.15, 0.2) is 5.76 Å². The average molecular weight is 432 g/mol. The maximum absolute atomic E-state index is 13.4. The highest BCUT2D eigenvalue weighted by atomic mass is 19.1. The molecule has 0 atom stereocenters. The zero-order valence-electron chi connectivity index (χ0n) is 17.4. The van der Waals surface area contributed by atoms with Crippen LogP contribution in [0.3, 0.4) is 0 Å².